The Morgan fingerprint density at radius 3 is 2.16 bits per heavy atom. The van der Waals surface area contributed by atoms with E-state index in [1.807, 2.05) is 50.2 Å². The van der Waals surface area contributed by atoms with Gasteiger partial charge in [0.15, 0.2) is 0 Å². The molecule has 0 aliphatic carbocycles. The van der Waals surface area contributed by atoms with Crippen molar-refractivity contribution >= 4 is 21.6 Å². The van der Waals surface area contributed by atoms with Crippen LogP contribution in [0.3, 0.4) is 0 Å². The summed E-state index contributed by atoms with van der Waals surface area (Å²) >= 11 is 0. The molecule has 3 aromatic carbocycles. The van der Waals surface area contributed by atoms with Crippen molar-refractivity contribution in [1.29, 1.82) is 0 Å². The average Bonchev–Trinajstić information content (AvgIpc) is 2.83. The molecule has 0 spiro atoms. The number of aryl methyl sites for hydroxylation is 1. The Labute approximate surface area is 189 Å². The van der Waals surface area contributed by atoms with E-state index < -0.39 is 15.9 Å². The first-order valence-electron chi connectivity index (χ1n) is 10.4. The normalized spacial score (nSPS) is 12.1. The molecule has 0 saturated carbocycles. The van der Waals surface area contributed by atoms with E-state index in [0.29, 0.717) is 5.69 Å². The summed E-state index contributed by atoms with van der Waals surface area (Å²) in [6, 6.07) is 22.4. The van der Waals surface area contributed by atoms with E-state index in [-0.39, 0.29) is 17.5 Å². The number of ether oxygens (including phenoxy) is 1. The number of nitrogens with one attached hydrogen (secondary N) is 1. The smallest absolute Gasteiger partial charge is 0.264 e. The van der Waals surface area contributed by atoms with Gasteiger partial charge in [-0.3, -0.25) is 9.10 Å². The van der Waals surface area contributed by atoms with Crippen molar-refractivity contribution in [3.05, 3.63) is 90.0 Å². The van der Waals surface area contributed by atoms with Crippen LogP contribution in [0.1, 0.15) is 31.0 Å². The van der Waals surface area contributed by atoms with Crippen LogP contribution in [-0.2, 0) is 21.2 Å². The largest absolute Gasteiger partial charge is 0.497 e. The van der Waals surface area contributed by atoms with E-state index in [4.69, 9.17) is 4.74 Å². The zero-order chi connectivity index (χ0) is 23.1. The predicted octanol–water partition coefficient (Wildman–Crippen LogP) is 4.33. The van der Waals surface area contributed by atoms with Crippen LogP contribution in [0.5, 0.6) is 5.75 Å². The van der Waals surface area contributed by atoms with Crippen LogP contribution >= 0.6 is 0 Å². The first kappa shape index (κ1) is 23.3. The number of sulfonamides is 1. The van der Waals surface area contributed by atoms with Gasteiger partial charge in [-0.25, -0.2) is 8.42 Å². The molecule has 0 unspecified atom stereocenters. The van der Waals surface area contributed by atoms with Crippen LogP contribution in [0, 0.1) is 0 Å². The standard InChI is InChI=1S/C25H28N2O4S/c1-4-20-10-14-22(15-11-20)27(32(29,30)24-8-6-5-7-9-24)18-25(28)26-19(2)21-12-16-23(31-3)17-13-21/h5-17,19H,4,18H2,1-3H3,(H,26,28)/t19-/m0/s1. The number of methoxy groups -OCH3 is 1. The number of nitrogens with zero attached hydrogens (tertiary/aromatic N) is 1. The van der Waals surface area contributed by atoms with Gasteiger partial charge >= 0.3 is 0 Å². The lowest BCUT2D eigenvalue weighted by Gasteiger charge is -2.25. The number of hydrogen-bond donors (Lipinski definition) is 1. The molecule has 7 heteroatoms. The lowest BCUT2D eigenvalue weighted by molar-refractivity contribution is -0.120. The molecule has 168 valence electrons. The van der Waals surface area contributed by atoms with Gasteiger partial charge in [0.2, 0.25) is 5.91 Å². The highest BCUT2D eigenvalue weighted by atomic mass is 32.2. The zero-order valence-corrected chi connectivity index (χ0v) is 19.3. The maximum Gasteiger partial charge on any atom is 0.264 e. The van der Waals surface area contributed by atoms with Crippen molar-refractivity contribution < 1.29 is 17.9 Å². The topological polar surface area (TPSA) is 75.7 Å². The van der Waals surface area contributed by atoms with Crippen molar-refractivity contribution in [1.82, 2.24) is 5.32 Å². The second-order valence-electron chi connectivity index (χ2n) is 7.41. The molecule has 0 radical (unpaired) electrons. The van der Waals surface area contributed by atoms with Crippen LogP contribution in [0.2, 0.25) is 0 Å². The number of benzene rings is 3. The second-order valence-corrected chi connectivity index (χ2v) is 9.27. The van der Waals surface area contributed by atoms with Gasteiger partial charge in [0.25, 0.3) is 10.0 Å². The Balaban J connectivity index is 1.85. The highest BCUT2D eigenvalue weighted by Crippen LogP contribution is 2.24. The first-order valence-corrected chi connectivity index (χ1v) is 11.9. The van der Waals surface area contributed by atoms with Crippen molar-refractivity contribution in [3.63, 3.8) is 0 Å². The summed E-state index contributed by atoms with van der Waals surface area (Å²) in [6.07, 6.45) is 0.839. The number of amides is 1. The third kappa shape index (κ3) is 5.48. The molecule has 1 N–H and O–H groups in total. The summed E-state index contributed by atoms with van der Waals surface area (Å²) < 4.78 is 33.1. The second kappa shape index (κ2) is 10.3. The third-order valence-electron chi connectivity index (χ3n) is 5.24. The van der Waals surface area contributed by atoms with Crippen LogP contribution in [0.4, 0.5) is 5.69 Å². The number of carbonyl (C=O) groups excluding carboxylic acids is 1. The van der Waals surface area contributed by atoms with Crippen LogP contribution in [-0.4, -0.2) is 28.0 Å². The van der Waals surface area contributed by atoms with Gasteiger partial charge in [-0.2, -0.15) is 0 Å². The summed E-state index contributed by atoms with van der Waals surface area (Å²) in [5, 5.41) is 2.89. The van der Waals surface area contributed by atoms with Crippen molar-refractivity contribution in [2.45, 2.75) is 31.2 Å². The highest BCUT2D eigenvalue weighted by Gasteiger charge is 2.27. The summed E-state index contributed by atoms with van der Waals surface area (Å²) in [7, 11) is -2.33. The SMILES string of the molecule is CCc1ccc(N(CC(=O)N[C@@H](C)c2ccc(OC)cc2)S(=O)(=O)c2ccccc2)cc1. The molecule has 1 atom stereocenters. The van der Waals surface area contributed by atoms with Gasteiger partial charge in [0.1, 0.15) is 12.3 Å². The maximum atomic E-state index is 13.4. The molecular weight excluding hydrogens is 424 g/mol. The van der Waals surface area contributed by atoms with Gasteiger partial charge in [-0.1, -0.05) is 49.4 Å². The zero-order valence-electron chi connectivity index (χ0n) is 18.5. The molecule has 1 amide bonds. The molecule has 6 nitrogen and oxygen atoms in total. The Morgan fingerprint density at radius 1 is 0.969 bits per heavy atom. The molecule has 0 heterocycles. The molecule has 0 bridgehead atoms. The van der Waals surface area contributed by atoms with Crippen molar-refractivity contribution in [2.75, 3.05) is 18.0 Å². The summed E-state index contributed by atoms with van der Waals surface area (Å²) in [5.41, 5.74) is 2.42. The molecule has 0 aliphatic heterocycles. The Bertz CT molecular complexity index is 1130. The molecule has 3 aromatic rings. The van der Waals surface area contributed by atoms with Crippen LogP contribution in [0.15, 0.2) is 83.8 Å². The van der Waals surface area contributed by atoms with E-state index in [2.05, 4.69) is 5.32 Å². The quantitative estimate of drug-likeness (QED) is 0.524. The van der Waals surface area contributed by atoms with Crippen LogP contribution < -0.4 is 14.4 Å². The molecule has 0 saturated heterocycles. The van der Waals surface area contributed by atoms with Crippen molar-refractivity contribution in [2.24, 2.45) is 0 Å². The van der Waals surface area contributed by atoms with Gasteiger partial charge in [-0.15, -0.1) is 0 Å². The summed E-state index contributed by atoms with van der Waals surface area (Å²) in [4.78, 5) is 13.0. The lowest BCUT2D eigenvalue weighted by atomic mass is 10.1. The minimum atomic E-state index is -3.92. The minimum Gasteiger partial charge on any atom is -0.497 e. The Morgan fingerprint density at radius 2 is 1.59 bits per heavy atom. The summed E-state index contributed by atoms with van der Waals surface area (Å²) in [5.74, 6) is 0.329. The number of anilines is 1. The fourth-order valence-electron chi connectivity index (χ4n) is 3.33. The van der Waals surface area contributed by atoms with E-state index in [1.165, 1.54) is 12.1 Å². The molecule has 32 heavy (non-hydrogen) atoms. The molecule has 0 fully saturated rings. The third-order valence-corrected chi connectivity index (χ3v) is 7.03. The first-order chi connectivity index (χ1) is 15.3. The highest BCUT2D eigenvalue weighted by molar-refractivity contribution is 7.92. The average molecular weight is 453 g/mol. The summed E-state index contributed by atoms with van der Waals surface area (Å²) in [6.45, 7) is 3.55. The van der Waals surface area contributed by atoms with Crippen molar-refractivity contribution in [3.8, 4) is 5.75 Å². The number of rotatable bonds is 9. The Hall–Kier alpha value is -3.32. The Kier molecular flexibility index (Phi) is 7.53. The van der Waals surface area contributed by atoms with E-state index in [0.717, 1.165) is 27.6 Å². The fourth-order valence-corrected chi connectivity index (χ4v) is 4.77. The molecule has 0 aromatic heterocycles. The minimum absolute atomic E-state index is 0.135. The lowest BCUT2D eigenvalue weighted by Crippen LogP contribution is -2.41. The van der Waals surface area contributed by atoms with E-state index in [1.54, 1.807) is 37.4 Å². The van der Waals surface area contributed by atoms with Crippen LogP contribution in [0.25, 0.3) is 0 Å². The predicted molar refractivity (Wildman–Crippen MR) is 126 cm³/mol. The fraction of sp³-hybridized carbons (Fsp3) is 0.240. The molecular formula is C25H28N2O4S. The number of carbonyl (C=O) groups is 1. The molecule has 0 aliphatic rings. The maximum absolute atomic E-state index is 13.4. The van der Waals surface area contributed by atoms with E-state index in [9.17, 15) is 13.2 Å². The van der Waals surface area contributed by atoms with E-state index >= 15 is 0 Å². The molecule has 3 rings (SSSR count). The van der Waals surface area contributed by atoms with Gasteiger partial charge in [0, 0.05) is 0 Å². The van der Waals surface area contributed by atoms with Gasteiger partial charge in [-0.05, 0) is 60.9 Å². The van der Waals surface area contributed by atoms with Gasteiger partial charge < -0.3 is 10.1 Å². The monoisotopic (exact) mass is 452 g/mol. The number of hydrogen-bond acceptors (Lipinski definition) is 4. The van der Waals surface area contributed by atoms with Gasteiger partial charge in [0.05, 0.1) is 23.7 Å².